The molecule has 0 atom stereocenters. The van der Waals surface area contributed by atoms with Crippen LogP contribution in [-0.4, -0.2) is 24.6 Å². The van der Waals surface area contributed by atoms with Crippen LogP contribution < -0.4 is 9.30 Å². The Bertz CT molecular complexity index is 1210. The first-order chi connectivity index (χ1) is 15.4. The van der Waals surface area contributed by atoms with E-state index >= 15 is 0 Å². The Morgan fingerprint density at radius 1 is 1.00 bits per heavy atom. The molecular formula is C22H22N4O5P+. The molecule has 3 heterocycles. The number of phosphoric ester groups is 1. The second-order valence-electron chi connectivity index (χ2n) is 7.06. The van der Waals surface area contributed by atoms with Gasteiger partial charge in [0.1, 0.15) is 6.61 Å². The van der Waals surface area contributed by atoms with Gasteiger partial charge in [0.15, 0.2) is 12.4 Å². The van der Waals surface area contributed by atoms with Crippen molar-refractivity contribution in [1.82, 2.24) is 14.8 Å². The van der Waals surface area contributed by atoms with Gasteiger partial charge in [-0.05, 0) is 23.3 Å². The van der Waals surface area contributed by atoms with Crippen molar-refractivity contribution >= 4 is 7.82 Å². The molecule has 0 unspecified atom stereocenters. The van der Waals surface area contributed by atoms with E-state index in [0.717, 1.165) is 22.3 Å². The number of aromatic nitrogens is 4. The number of hydrogen-bond donors (Lipinski definition) is 2. The number of ether oxygens (including phenoxy) is 1. The third kappa shape index (κ3) is 6.32. The van der Waals surface area contributed by atoms with Crippen molar-refractivity contribution in [3.05, 3.63) is 96.7 Å². The maximum atomic E-state index is 10.9. The molecule has 32 heavy (non-hydrogen) atoms. The topological polar surface area (TPSA) is 111 Å². The smallest absolute Gasteiger partial charge is 0.473 e. The standard InChI is InChI=1S/C22H21N4O5P/c27-32(28,29)31-17-25-11-3-4-20(14-25)21-12-24-26(15-21)13-18-6-8-19(9-7-18)16-30-22-5-1-2-10-23-22/h1-12,14-15H,13,16-17H2,(H-,27,28,29)/p+1. The molecular weight excluding hydrogens is 431 g/mol. The fourth-order valence-corrected chi connectivity index (χ4v) is 3.32. The predicted octanol–water partition coefficient (Wildman–Crippen LogP) is 2.93. The summed E-state index contributed by atoms with van der Waals surface area (Å²) in [7, 11) is -4.53. The van der Waals surface area contributed by atoms with Crippen LogP contribution in [0.3, 0.4) is 0 Å². The summed E-state index contributed by atoms with van der Waals surface area (Å²) in [5, 5.41) is 4.42. The van der Waals surface area contributed by atoms with Crippen LogP contribution in [0, 0.1) is 0 Å². The highest BCUT2D eigenvalue weighted by Gasteiger charge is 2.17. The molecule has 1 aromatic carbocycles. The van der Waals surface area contributed by atoms with Gasteiger partial charge in [0.05, 0.1) is 12.7 Å². The van der Waals surface area contributed by atoms with E-state index in [2.05, 4.69) is 14.6 Å². The predicted molar refractivity (Wildman–Crippen MR) is 115 cm³/mol. The summed E-state index contributed by atoms with van der Waals surface area (Å²) >= 11 is 0. The molecule has 4 rings (SSSR count). The zero-order valence-electron chi connectivity index (χ0n) is 17.1. The van der Waals surface area contributed by atoms with E-state index in [1.54, 1.807) is 35.4 Å². The lowest BCUT2D eigenvalue weighted by atomic mass is 10.1. The summed E-state index contributed by atoms with van der Waals surface area (Å²) in [5.74, 6) is 0.594. The van der Waals surface area contributed by atoms with Crippen LogP contribution in [0.5, 0.6) is 5.88 Å². The molecule has 3 aromatic heterocycles. The molecule has 0 saturated heterocycles. The van der Waals surface area contributed by atoms with Crippen molar-refractivity contribution < 1.29 is 28.2 Å². The Balaban J connectivity index is 1.36. The maximum absolute atomic E-state index is 10.9. The summed E-state index contributed by atoms with van der Waals surface area (Å²) in [6, 6.07) is 17.3. The van der Waals surface area contributed by atoms with E-state index in [9.17, 15) is 4.57 Å². The first-order valence-electron chi connectivity index (χ1n) is 9.78. The first kappa shape index (κ1) is 21.9. The van der Waals surface area contributed by atoms with Gasteiger partial charge in [0.25, 0.3) is 6.73 Å². The molecule has 164 valence electrons. The highest BCUT2D eigenvalue weighted by molar-refractivity contribution is 7.46. The van der Waals surface area contributed by atoms with Crippen molar-refractivity contribution in [3.63, 3.8) is 0 Å². The van der Waals surface area contributed by atoms with Gasteiger partial charge in [-0.25, -0.2) is 14.1 Å². The largest absolute Gasteiger partial charge is 0.474 e. The third-order valence-corrected chi connectivity index (χ3v) is 5.04. The van der Waals surface area contributed by atoms with E-state index in [0.29, 0.717) is 19.0 Å². The fourth-order valence-electron chi connectivity index (χ4n) is 3.03. The van der Waals surface area contributed by atoms with E-state index in [1.807, 2.05) is 59.4 Å². The lowest BCUT2D eigenvalue weighted by Crippen LogP contribution is -2.33. The maximum Gasteiger partial charge on any atom is 0.474 e. The van der Waals surface area contributed by atoms with Crippen LogP contribution in [0.25, 0.3) is 11.1 Å². The SMILES string of the molecule is O=P(O)(O)OC[n+]1cccc(-c2cnn(Cc3ccc(COc4ccccn4)cc3)c2)c1. The number of rotatable bonds is 9. The molecule has 2 N–H and O–H groups in total. The van der Waals surface area contributed by atoms with Gasteiger partial charge in [0.2, 0.25) is 5.88 Å². The summed E-state index contributed by atoms with van der Waals surface area (Å²) in [6.45, 7) is 0.807. The number of hydrogen-bond acceptors (Lipinski definition) is 5. The van der Waals surface area contributed by atoms with E-state index < -0.39 is 7.82 Å². The Kier molecular flexibility index (Phi) is 6.72. The number of benzene rings is 1. The van der Waals surface area contributed by atoms with Gasteiger partial charge in [-0.15, -0.1) is 0 Å². The van der Waals surface area contributed by atoms with Crippen molar-refractivity contribution in [3.8, 4) is 17.0 Å². The minimum absolute atomic E-state index is 0.247. The van der Waals surface area contributed by atoms with Gasteiger partial charge >= 0.3 is 7.82 Å². The molecule has 9 nitrogen and oxygen atoms in total. The van der Waals surface area contributed by atoms with E-state index in [-0.39, 0.29) is 6.73 Å². The van der Waals surface area contributed by atoms with Gasteiger partial charge in [-0.1, -0.05) is 30.3 Å². The molecule has 10 heteroatoms. The average Bonchev–Trinajstić information content (AvgIpc) is 3.26. The number of nitrogens with zero attached hydrogens (tertiary/aromatic N) is 4. The molecule has 0 aliphatic rings. The lowest BCUT2D eigenvalue weighted by molar-refractivity contribution is -0.725. The number of pyridine rings is 2. The fraction of sp³-hybridized carbons (Fsp3) is 0.136. The Hall–Kier alpha value is -3.36. The van der Waals surface area contributed by atoms with Gasteiger partial charge in [-0.3, -0.25) is 4.68 Å². The van der Waals surface area contributed by atoms with Crippen molar-refractivity contribution in [2.75, 3.05) is 0 Å². The summed E-state index contributed by atoms with van der Waals surface area (Å²) in [6.07, 6.45) is 8.78. The molecule has 0 fully saturated rings. The Morgan fingerprint density at radius 3 is 2.56 bits per heavy atom. The molecule has 0 aliphatic carbocycles. The van der Waals surface area contributed by atoms with Crippen LogP contribution in [0.15, 0.2) is 85.6 Å². The molecule has 0 bridgehead atoms. The Morgan fingerprint density at radius 2 is 1.81 bits per heavy atom. The van der Waals surface area contributed by atoms with Gasteiger partial charge < -0.3 is 14.5 Å². The summed E-state index contributed by atoms with van der Waals surface area (Å²) in [4.78, 5) is 21.9. The third-order valence-electron chi connectivity index (χ3n) is 4.59. The van der Waals surface area contributed by atoms with Crippen molar-refractivity contribution in [2.45, 2.75) is 19.9 Å². The lowest BCUT2D eigenvalue weighted by Gasteiger charge is -2.06. The van der Waals surface area contributed by atoms with Crippen LogP contribution in [0.4, 0.5) is 0 Å². The molecule has 0 spiro atoms. The molecule has 4 aromatic rings. The molecule has 0 saturated carbocycles. The summed E-state index contributed by atoms with van der Waals surface area (Å²) < 4.78 is 24.5. The van der Waals surface area contributed by atoms with Crippen LogP contribution in [0.2, 0.25) is 0 Å². The highest BCUT2D eigenvalue weighted by Crippen LogP contribution is 2.35. The highest BCUT2D eigenvalue weighted by atomic mass is 31.2. The minimum Gasteiger partial charge on any atom is -0.473 e. The summed E-state index contributed by atoms with van der Waals surface area (Å²) in [5.41, 5.74) is 3.89. The number of phosphoric acid groups is 1. The van der Waals surface area contributed by atoms with Gasteiger partial charge in [-0.2, -0.15) is 9.67 Å². The van der Waals surface area contributed by atoms with Crippen LogP contribution >= 0.6 is 7.82 Å². The quantitative estimate of drug-likeness (QED) is 0.296. The molecule has 0 radical (unpaired) electrons. The van der Waals surface area contributed by atoms with Crippen molar-refractivity contribution in [2.24, 2.45) is 0 Å². The van der Waals surface area contributed by atoms with E-state index in [1.165, 1.54) is 0 Å². The second kappa shape index (κ2) is 9.84. The monoisotopic (exact) mass is 453 g/mol. The molecule has 0 aliphatic heterocycles. The average molecular weight is 453 g/mol. The zero-order chi connectivity index (χ0) is 22.4. The van der Waals surface area contributed by atoms with Gasteiger partial charge in [0, 0.05) is 35.7 Å². The van der Waals surface area contributed by atoms with Crippen LogP contribution in [0.1, 0.15) is 11.1 Å². The first-order valence-corrected chi connectivity index (χ1v) is 11.3. The zero-order valence-corrected chi connectivity index (χ0v) is 18.0. The van der Waals surface area contributed by atoms with Crippen LogP contribution in [-0.2, 0) is 29.0 Å². The minimum atomic E-state index is -4.53. The second-order valence-corrected chi connectivity index (χ2v) is 8.29. The Labute approximate surface area is 184 Å². The molecule has 0 amide bonds. The van der Waals surface area contributed by atoms with E-state index in [4.69, 9.17) is 14.5 Å². The normalized spacial score (nSPS) is 11.4. The van der Waals surface area contributed by atoms with Crippen molar-refractivity contribution in [1.29, 1.82) is 0 Å².